The van der Waals surface area contributed by atoms with E-state index in [1.807, 2.05) is 0 Å². The molecule has 0 spiro atoms. The van der Waals surface area contributed by atoms with Gasteiger partial charge in [-0.15, -0.1) is 0 Å². The number of rotatable bonds is 3. The molecule has 12 rings (SSSR count). The van der Waals surface area contributed by atoms with E-state index >= 15 is 0 Å². The Labute approximate surface area is 310 Å². The summed E-state index contributed by atoms with van der Waals surface area (Å²) in [7, 11) is 0. The molecule has 54 heavy (non-hydrogen) atoms. The molecule has 0 saturated heterocycles. The Balaban J connectivity index is 1.12. The number of para-hydroxylation sites is 3. The molecule has 0 aliphatic carbocycles. The van der Waals surface area contributed by atoms with E-state index in [1.54, 1.807) is 0 Å². The van der Waals surface area contributed by atoms with Crippen LogP contribution < -0.4 is 0 Å². The smallest absolute Gasteiger partial charge is 0.136 e. The maximum Gasteiger partial charge on any atom is 0.136 e. The minimum absolute atomic E-state index is 0.762. The van der Waals surface area contributed by atoms with Gasteiger partial charge >= 0.3 is 0 Å². The molecule has 0 amide bonds. The number of hydrogen-bond acceptors (Lipinski definition) is 2. The van der Waals surface area contributed by atoms with Crippen LogP contribution in [0.5, 0.6) is 0 Å². The van der Waals surface area contributed by atoms with Crippen molar-refractivity contribution in [2.24, 2.45) is 4.99 Å². The minimum atomic E-state index is 0.762. The molecular formula is C50H31N3O. The van der Waals surface area contributed by atoms with Crippen LogP contribution in [0.15, 0.2) is 185 Å². The summed E-state index contributed by atoms with van der Waals surface area (Å²) in [5.41, 5.74) is 11.9. The largest absolute Gasteiger partial charge is 0.456 e. The van der Waals surface area contributed by atoms with Crippen LogP contribution >= 0.6 is 0 Å². The van der Waals surface area contributed by atoms with Gasteiger partial charge in [-0.25, -0.2) is 4.99 Å². The van der Waals surface area contributed by atoms with Gasteiger partial charge in [0.1, 0.15) is 17.0 Å². The molecule has 3 aromatic heterocycles. The Kier molecular flexibility index (Phi) is 6.08. The van der Waals surface area contributed by atoms with E-state index < -0.39 is 0 Å². The van der Waals surface area contributed by atoms with Crippen molar-refractivity contribution in [2.45, 2.75) is 6.42 Å². The zero-order chi connectivity index (χ0) is 35.3. The molecule has 4 heteroatoms. The van der Waals surface area contributed by atoms with Crippen LogP contribution in [0.4, 0.5) is 0 Å². The fraction of sp³-hybridized carbons (Fsp3) is 0.0200. The average molecular weight is 690 g/mol. The van der Waals surface area contributed by atoms with Gasteiger partial charge in [-0.05, 0) is 89.5 Å². The summed E-state index contributed by atoms with van der Waals surface area (Å²) >= 11 is 0. The zero-order valence-electron chi connectivity index (χ0n) is 29.2. The normalized spacial score (nSPS) is 13.3. The topological polar surface area (TPSA) is 35.4 Å². The van der Waals surface area contributed by atoms with Crippen LogP contribution in [-0.4, -0.2) is 14.8 Å². The van der Waals surface area contributed by atoms with Crippen molar-refractivity contribution in [1.29, 1.82) is 0 Å². The second-order valence-corrected chi connectivity index (χ2v) is 14.3. The first-order valence-electron chi connectivity index (χ1n) is 18.5. The molecule has 0 bridgehead atoms. The van der Waals surface area contributed by atoms with Gasteiger partial charge in [-0.3, -0.25) is 4.57 Å². The summed E-state index contributed by atoms with van der Waals surface area (Å²) in [6.45, 7) is 0. The summed E-state index contributed by atoms with van der Waals surface area (Å²) in [4.78, 5) is 5.63. The van der Waals surface area contributed by atoms with Crippen molar-refractivity contribution in [3.05, 3.63) is 193 Å². The van der Waals surface area contributed by atoms with Crippen LogP contribution in [0.1, 0.15) is 16.7 Å². The van der Waals surface area contributed by atoms with Gasteiger partial charge in [0.05, 0.1) is 27.8 Å². The summed E-state index contributed by atoms with van der Waals surface area (Å²) in [5.74, 6) is 0.907. The SMILES string of the molecule is C1=C(n2c3ccccc3c3cc4c5ccccc5n(-c5ccccc5)c4cc32)N=C(c2ccc3c(c2)oc2cc4ccccc4cc23)c2ccccc2C1. The Bertz CT molecular complexity index is 3410. The van der Waals surface area contributed by atoms with E-state index in [4.69, 9.17) is 9.41 Å². The van der Waals surface area contributed by atoms with Crippen molar-refractivity contribution >= 4 is 87.9 Å². The molecule has 0 radical (unpaired) electrons. The summed E-state index contributed by atoms with van der Waals surface area (Å²) in [6, 6.07) is 61.0. The van der Waals surface area contributed by atoms with Crippen LogP contribution in [0.2, 0.25) is 0 Å². The standard InChI is InChI=1S/C50H31N3O/c1-2-15-35(16-3-1)52-43-20-10-8-18-37(43)40-29-41-38-19-9-11-21-44(38)53(46(41)30-45(40)52)49-25-23-31-12-6-7-17-36(31)50(51-49)34-22-24-39-42-26-32-13-4-5-14-33(32)27-48(42)54-47(39)28-34/h1-22,24-30H,23H2. The molecule has 4 heterocycles. The van der Waals surface area contributed by atoms with E-state index in [0.717, 1.165) is 67.7 Å². The van der Waals surface area contributed by atoms with Gasteiger partial charge in [0.2, 0.25) is 0 Å². The Morgan fingerprint density at radius 2 is 1.09 bits per heavy atom. The molecule has 252 valence electrons. The van der Waals surface area contributed by atoms with Crippen LogP contribution in [0.25, 0.3) is 87.8 Å². The van der Waals surface area contributed by atoms with Crippen molar-refractivity contribution in [3.8, 4) is 5.69 Å². The molecular weight excluding hydrogens is 659 g/mol. The highest BCUT2D eigenvalue weighted by atomic mass is 16.3. The van der Waals surface area contributed by atoms with Crippen molar-refractivity contribution in [3.63, 3.8) is 0 Å². The second-order valence-electron chi connectivity index (χ2n) is 14.3. The summed E-state index contributed by atoms with van der Waals surface area (Å²) < 4.78 is 11.3. The van der Waals surface area contributed by atoms with E-state index in [2.05, 4.69) is 185 Å². The molecule has 0 saturated carbocycles. The number of hydrogen-bond donors (Lipinski definition) is 0. The van der Waals surface area contributed by atoms with E-state index in [9.17, 15) is 0 Å². The first-order chi connectivity index (χ1) is 26.8. The number of benzene rings is 8. The highest BCUT2D eigenvalue weighted by Gasteiger charge is 2.22. The highest BCUT2D eigenvalue weighted by Crippen LogP contribution is 2.41. The quantitative estimate of drug-likeness (QED) is 0.182. The Morgan fingerprint density at radius 1 is 0.444 bits per heavy atom. The number of nitrogens with zero attached hydrogens (tertiary/aromatic N) is 3. The number of allylic oxidation sites excluding steroid dienone is 1. The zero-order valence-corrected chi connectivity index (χ0v) is 29.2. The fourth-order valence-electron chi connectivity index (χ4n) is 8.85. The Morgan fingerprint density at radius 3 is 1.91 bits per heavy atom. The van der Waals surface area contributed by atoms with Gasteiger partial charge in [-0.2, -0.15) is 0 Å². The Hall–Kier alpha value is -7.17. The molecule has 8 aromatic carbocycles. The van der Waals surface area contributed by atoms with Gasteiger partial charge in [-0.1, -0.05) is 109 Å². The molecule has 11 aromatic rings. The van der Waals surface area contributed by atoms with E-state index in [-0.39, 0.29) is 0 Å². The molecule has 4 nitrogen and oxygen atoms in total. The molecule has 0 fully saturated rings. The van der Waals surface area contributed by atoms with Crippen molar-refractivity contribution < 1.29 is 4.42 Å². The maximum atomic E-state index is 6.56. The highest BCUT2D eigenvalue weighted by molar-refractivity contribution is 6.21. The third-order valence-corrected chi connectivity index (χ3v) is 11.3. The second kappa shape index (κ2) is 11.2. The predicted molar refractivity (Wildman–Crippen MR) is 225 cm³/mol. The lowest BCUT2D eigenvalue weighted by molar-refractivity contribution is 0.669. The average Bonchev–Trinajstić information content (AvgIpc) is 3.81. The number of fused-ring (bicyclic) bond motifs is 11. The van der Waals surface area contributed by atoms with Crippen LogP contribution in [-0.2, 0) is 6.42 Å². The maximum absolute atomic E-state index is 6.56. The first kappa shape index (κ1) is 29.4. The van der Waals surface area contributed by atoms with Gasteiger partial charge in [0.25, 0.3) is 0 Å². The third-order valence-electron chi connectivity index (χ3n) is 11.3. The molecule has 1 aliphatic heterocycles. The fourth-order valence-corrected chi connectivity index (χ4v) is 8.85. The minimum Gasteiger partial charge on any atom is -0.456 e. The molecule has 0 N–H and O–H groups in total. The molecule has 0 atom stereocenters. The van der Waals surface area contributed by atoms with Crippen molar-refractivity contribution in [2.75, 3.05) is 0 Å². The lowest BCUT2D eigenvalue weighted by Gasteiger charge is -2.12. The summed E-state index contributed by atoms with van der Waals surface area (Å²) in [6.07, 6.45) is 3.05. The van der Waals surface area contributed by atoms with Crippen molar-refractivity contribution in [1.82, 2.24) is 9.13 Å². The predicted octanol–water partition coefficient (Wildman–Crippen LogP) is 12.8. The monoisotopic (exact) mass is 689 g/mol. The molecule has 1 aliphatic rings. The third kappa shape index (κ3) is 4.22. The lowest BCUT2D eigenvalue weighted by Crippen LogP contribution is -2.06. The first-order valence-corrected chi connectivity index (χ1v) is 18.5. The van der Waals surface area contributed by atoms with Gasteiger partial charge < -0.3 is 8.98 Å². The van der Waals surface area contributed by atoms with E-state index in [0.29, 0.717) is 0 Å². The van der Waals surface area contributed by atoms with Crippen LogP contribution in [0, 0.1) is 0 Å². The van der Waals surface area contributed by atoms with E-state index in [1.165, 1.54) is 48.9 Å². The number of furan rings is 1. The number of aromatic nitrogens is 2. The van der Waals surface area contributed by atoms with Gasteiger partial charge in [0.15, 0.2) is 0 Å². The molecule has 0 unspecified atom stereocenters. The summed E-state index contributed by atoms with van der Waals surface area (Å²) in [5, 5.41) is 9.53. The van der Waals surface area contributed by atoms with Gasteiger partial charge in [0, 0.05) is 49.1 Å². The lowest BCUT2D eigenvalue weighted by atomic mass is 9.95. The van der Waals surface area contributed by atoms with Crippen LogP contribution in [0.3, 0.4) is 0 Å². The number of aliphatic imine (C=N–C) groups is 1.